The highest BCUT2D eigenvalue weighted by atomic mass is 15.1. The molecule has 0 saturated carbocycles. The van der Waals surface area contributed by atoms with Gasteiger partial charge in [-0.25, -0.2) is 9.97 Å². The van der Waals surface area contributed by atoms with E-state index in [0.29, 0.717) is 6.42 Å². The Morgan fingerprint density at radius 3 is 2.64 bits per heavy atom. The van der Waals surface area contributed by atoms with E-state index < -0.39 is 0 Å². The molecule has 3 rings (SSSR count). The lowest BCUT2D eigenvalue weighted by Crippen LogP contribution is -2.02. The highest BCUT2D eigenvalue weighted by Crippen LogP contribution is 2.25. The van der Waals surface area contributed by atoms with E-state index in [1.165, 1.54) is 5.56 Å². The first-order valence-electron chi connectivity index (χ1n) is 7.46. The third kappa shape index (κ3) is 2.71. The average Bonchev–Trinajstić information content (AvgIpc) is 2.86. The van der Waals surface area contributed by atoms with Crippen molar-refractivity contribution >= 4 is 11.2 Å². The van der Waals surface area contributed by atoms with Gasteiger partial charge in [-0.2, -0.15) is 5.26 Å². The van der Waals surface area contributed by atoms with Crippen LogP contribution in [0.15, 0.2) is 36.5 Å². The molecule has 0 saturated heterocycles. The van der Waals surface area contributed by atoms with Crippen molar-refractivity contribution in [2.24, 2.45) is 0 Å². The molecule has 0 amide bonds. The fourth-order valence-corrected chi connectivity index (χ4v) is 2.56. The Kier molecular flexibility index (Phi) is 3.88. The number of nitriles is 1. The molecule has 2 aromatic heterocycles. The largest absolute Gasteiger partial charge is 0.309 e. The van der Waals surface area contributed by atoms with Crippen LogP contribution in [0.3, 0.4) is 0 Å². The number of rotatable bonds is 4. The molecule has 2 heterocycles. The molecule has 0 aliphatic rings. The number of fused-ring (bicyclic) bond motifs is 1. The third-order valence-corrected chi connectivity index (χ3v) is 3.70. The molecule has 4 heteroatoms. The number of hydrogen-bond donors (Lipinski definition) is 0. The average molecular weight is 290 g/mol. The number of benzene rings is 1. The fourth-order valence-electron chi connectivity index (χ4n) is 2.56. The Bertz CT molecular complexity index is 838. The number of aryl methyl sites for hydroxylation is 3. The Labute approximate surface area is 130 Å². The lowest BCUT2D eigenvalue weighted by molar-refractivity contribution is 0.670. The van der Waals surface area contributed by atoms with Gasteiger partial charge in [-0.3, -0.25) is 0 Å². The van der Waals surface area contributed by atoms with E-state index in [1.54, 1.807) is 0 Å². The van der Waals surface area contributed by atoms with Crippen LogP contribution in [0, 0.1) is 25.2 Å². The summed E-state index contributed by atoms with van der Waals surface area (Å²) in [6, 6.07) is 12.6. The van der Waals surface area contributed by atoms with Gasteiger partial charge in [0.25, 0.3) is 0 Å². The van der Waals surface area contributed by atoms with Gasteiger partial charge in [0.15, 0.2) is 5.65 Å². The first-order chi connectivity index (χ1) is 10.7. The molecular weight excluding hydrogens is 272 g/mol. The maximum absolute atomic E-state index is 8.77. The van der Waals surface area contributed by atoms with Crippen LogP contribution in [-0.2, 0) is 6.54 Å². The monoisotopic (exact) mass is 290 g/mol. The minimum atomic E-state index is 0.541. The van der Waals surface area contributed by atoms with Crippen molar-refractivity contribution in [3.63, 3.8) is 0 Å². The van der Waals surface area contributed by atoms with Crippen molar-refractivity contribution in [2.75, 3.05) is 0 Å². The Hall–Kier alpha value is -2.67. The molecule has 22 heavy (non-hydrogen) atoms. The van der Waals surface area contributed by atoms with Crippen LogP contribution in [-0.4, -0.2) is 14.5 Å². The molecule has 0 aliphatic carbocycles. The van der Waals surface area contributed by atoms with Gasteiger partial charge in [-0.05, 0) is 31.9 Å². The van der Waals surface area contributed by atoms with E-state index >= 15 is 0 Å². The van der Waals surface area contributed by atoms with Crippen molar-refractivity contribution in [1.29, 1.82) is 5.26 Å². The quantitative estimate of drug-likeness (QED) is 0.682. The molecule has 0 unspecified atom stereocenters. The second kappa shape index (κ2) is 5.98. The van der Waals surface area contributed by atoms with Crippen LogP contribution in [0.5, 0.6) is 0 Å². The smallest absolute Gasteiger partial charge is 0.160 e. The van der Waals surface area contributed by atoms with E-state index in [1.807, 2.05) is 13.1 Å². The molecule has 0 spiro atoms. The van der Waals surface area contributed by atoms with Crippen molar-refractivity contribution in [3.8, 4) is 17.5 Å². The molecule has 3 aromatic rings. The van der Waals surface area contributed by atoms with Gasteiger partial charge < -0.3 is 4.57 Å². The predicted molar refractivity (Wildman–Crippen MR) is 87.3 cm³/mol. The van der Waals surface area contributed by atoms with Crippen molar-refractivity contribution in [1.82, 2.24) is 14.5 Å². The summed E-state index contributed by atoms with van der Waals surface area (Å²) in [5, 5.41) is 8.77. The van der Waals surface area contributed by atoms with Gasteiger partial charge in [0.05, 0.1) is 6.07 Å². The highest BCUT2D eigenvalue weighted by Gasteiger charge is 2.13. The van der Waals surface area contributed by atoms with E-state index in [-0.39, 0.29) is 0 Å². The lowest BCUT2D eigenvalue weighted by atomic mass is 10.1. The zero-order valence-corrected chi connectivity index (χ0v) is 12.9. The minimum absolute atomic E-state index is 0.541. The zero-order chi connectivity index (χ0) is 15.5. The predicted octanol–water partition coefficient (Wildman–Crippen LogP) is 4.02. The summed E-state index contributed by atoms with van der Waals surface area (Å²) in [6.07, 6.45) is 3.21. The van der Waals surface area contributed by atoms with Gasteiger partial charge in [-0.1, -0.05) is 29.8 Å². The van der Waals surface area contributed by atoms with E-state index in [9.17, 15) is 0 Å². The molecule has 4 nitrogen and oxygen atoms in total. The van der Waals surface area contributed by atoms with Crippen LogP contribution in [0.25, 0.3) is 22.6 Å². The van der Waals surface area contributed by atoms with Crippen LogP contribution in [0.2, 0.25) is 0 Å². The topological polar surface area (TPSA) is 54.5 Å². The Balaban J connectivity index is 2.12. The maximum atomic E-state index is 8.77. The first-order valence-corrected chi connectivity index (χ1v) is 7.46. The van der Waals surface area contributed by atoms with Gasteiger partial charge in [0, 0.05) is 24.7 Å². The molecule has 1 aromatic carbocycles. The molecular formula is C18H18N4. The maximum Gasteiger partial charge on any atom is 0.160 e. The summed E-state index contributed by atoms with van der Waals surface area (Å²) in [7, 11) is 0. The van der Waals surface area contributed by atoms with E-state index in [2.05, 4.69) is 52.9 Å². The fraction of sp³-hybridized carbons (Fsp3) is 0.278. The van der Waals surface area contributed by atoms with Crippen LogP contribution in [0.4, 0.5) is 0 Å². The molecule has 0 N–H and O–H groups in total. The summed E-state index contributed by atoms with van der Waals surface area (Å²) >= 11 is 0. The van der Waals surface area contributed by atoms with Gasteiger partial charge in [0.1, 0.15) is 11.3 Å². The highest BCUT2D eigenvalue weighted by molar-refractivity contribution is 5.77. The van der Waals surface area contributed by atoms with Crippen molar-refractivity contribution in [2.45, 2.75) is 33.2 Å². The molecule has 0 bridgehead atoms. The summed E-state index contributed by atoms with van der Waals surface area (Å²) in [6.45, 7) is 4.85. The van der Waals surface area contributed by atoms with Gasteiger partial charge >= 0.3 is 0 Å². The molecule has 0 radical (unpaired) electrons. The number of imidazole rings is 1. The second-order valence-electron chi connectivity index (χ2n) is 5.57. The SMILES string of the molecule is Cc1ccc(-c2nc3cc(C)cnc3n2CCCC#N)cc1. The first kappa shape index (κ1) is 14.3. The zero-order valence-electron chi connectivity index (χ0n) is 12.9. The third-order valence-electron chi connectivity index (χ3n) is 3.70. The second-order valence-corrected chi connectivity index (χ2v) is 5.57. The van der Waals surface area contributed by atoms with E-state index in [0.717, 1.165) is 41.1 Å². The summed E-state index contributed by atoms with van der Waals surface area (Å²) in [5.74, 6) is 0.922. The standard InChI is InChI=1S/C18H18N4/c1-13-5-7-15(8-6-13)17-21-16-11-14(2)12-20-18(16)22(17)10-4-3-9-19/h5-8,11-12H,3-4,10H2,1-2H3. The number of hydrogen-bond acceptors (Lipinski definition) is 3. The molecule has 0 aliphatic heterocycles. The van der Waals surface area contributed by atoms with Gasteiger partial charge in [0.2, 0.25) is 0 Å². The number of unbranched alkanes of at least 4 members (excludes halogenated alkanes) is 1. The van der Waals surface area contributed by atoms with Crippen LogP contribution >= 0.6 is 0 Å². The van der Waals surface area contributed by atoms with E-state index in [4.69, 9.17) is 10.2 Å². The lowest BCUT2D eigenvalue weighted by Gasteiger charge is -2.08. The molecule has 110 valence electrons. The molecule has 0 fully saturated rings. The van der Waals surface area contributed by atoms with Crippen molar-refractivity contribution < 1.29 is 0 Å². The summed E-state index contributed by atoms with van der Waals surface area (Å²) < 4.78 is 2.12. The number of aromatic nitrogens is 3. The summed E-state index contributed by atoms with van der Waals surface area (Å²) in [5.41, 5.74) is 5.21. The normalized spacial score (nSPS) is 10.8. The Morgan fingerprint density at radius 1 is 1.14 bits per heavy atom. The van der Waals surface area contributed by atoms with Crippen molar-refractivity contribution in [3.05, 3.63) is 47.7 Å². The Morgan fingerprint density at radius 2 is 1.91 bits per heavy atom. The van der Waals surface area contributed by atoms with Gasteiger partial charge in [-0.15, -0.1) is 0 Å². The number of nitrogens with zero attached hydrogens (tertiary/aromatic N) is 4. The van der Waals surface area contributed by atoms with Crippen LogP contribution < -0.4 is 0 Å². The number of pyridine rings is 1. The van der Waals surface area contributed by atoms with Crippen LogP contribution in [0.1, 0.15) is 24.0 Å². The summed E-state index contributed by atoms with van der Waals surface area (Å²) in [4.78, 5) is 9.31. The minimum Gasteiger partial charge on any atom is -0.309 e. The molecule has 0 atom stereocenters.